The van der Waals surface area contributed by atoms with Crippen LogP contribution in [0.5, 0.6) is 5.75 Å². The first-order valence-electron chi connectivity index (χ1n) is 7.55. The van der Waals surface area contributed by atoms with Gasteiger partial charge in [-0.3, -0.25) is 4.79 Å². The van der Waals surface area contributed by atoms with Crippen molar-refractivity contribution >= 4 is 5.78 Å². The third-order valence-electron chi connectivity index (χ3n) is 4.10. The number of ether oxygens (including phenoxy) is 1. The van der Waals surface area contributed by atoms with Crippen LogP contribution in [0.15, 0.2) is 18.2 Å². The van der Waals surface area contributed by atoms with Crippen LogP contribution in [0.4, 0.5) is 0 Å². The lowest BCUT2D eigenvalue weighted by molar-refractivity contribution is 0.0960. The standard InChI is InChI=1S/C16H22N2O2/c19-15(5-8-18-9-6-17-7-10-18)13-3-4-16-14(12-13)2-1-11-20-16/h3-4,12,17H,1-2,5-11H2. The number of fused-ring (bicyclic) bond motifs is 1. The monoisotopic (exact) mass is 274 g/mol. The van der Waals surface area contributed by atoms with Gasteiger partial charge in [0.1, 0.15) is 5.75 Å². The molecule has 0 aliphatic carbocycles. The Morgan fingerprint density at radius 2 is 2.15 bits per heavy atom. The van der Waals surface area contributed by atoms with Gasteiger partial charge in [0.2, 0.25) is 0 Å². The highest BCUT2D eigenvalue weighted by atomic mass is 16.5. The molecule has 3 rings (SSSR count). The number of benzene rings is 1. The summed E-state index contributed by atoms with van der Waals surface area (Å²) in [7, 11) is 0. The molecule has 1 fully saturated rings. The number of ketones is 1. The summed E-state index contributed by atoms with van der Waals surface area (Å²) in [6, 6.07) is 5.88. The minimum atomic E-state index is 0.247. The largest absolute Gasteiger partial charge is 0.493 e. The maximum atomic E-state index is 12.3. The van der Waals surface area contributed by atoms with E-state index in [1.54, 1.807) is 0 Å². The molecule has 2 heterocycles. The van der Waals surface area contributed by atoms with E-state index in [2.05, 4.69) is 10.2 Å². The van der Waals surface area contributed by atoms with E-state index in [4.69, 9.17) is 4.74 Å². The van der Waals surface area contributed by atoms with Gasteiger partial charge in [-0.1, -0.05) is 0 Å². The SMILES string of the molecule is O=C(CCN1CCNCC1)c1ccc2c(c1)CCCO2. The van der Waals surface area contributed by atoms with Gasteiger partial charge in [0.05, 0.1) is 6.61 Å². The van der Waals surface area contributed by atoms with Crippen molar-refractivity contribution < 1.29 is 9.53 Å². The Morgan fingerprint density at radius 1 is 1.30 bits per heavy atom. The third-order valence-corrected chi connectivity index (χ3v) is 4.10. The quantitative estimate of drug-likeness (QED) is 0.845. The highest BCUT2D eigenvalue weighted by molar-refractivity contribution is 5.96. The molecule has 20 heavy (non-hydrogen) atoms. The molecule has 0 bridgehead atoms. The van der Waals surface area contributed by atoms with E-state index in [1.807, 2.05) is 18.2 Å². The van der Waals surface area contributed by atoms with Crippen molar-refractivity contribution in [3.8, 4) is 5.75 Å². The highest BCUT2D eigenvalue weighted by Gasteiger charge is 2.15. The molecule has 4 nitrogen and oxygen atoms in total. The van der Waals surface area contributed by atoms with Gasteiger partial charge >= 0.3 is 0 Å². The number of nitrogens with one attached hydrogen (secondary N) is 1. The molecule has 0 atom stereocenters. The molecule has 0 unspecified atom stereocenters. The first-order valence-corrected chi connectivity index (χ1v) is 7.55. The molecule has 0 spiro atoms. The number of hydrogen-bond donors (Lipinski definition) is 1. The van der Waals surface area contributed by atoms with Crippen molar-refractivity contribution in [1.29, 1.82) is 0 Å². The first-order chi connectivity index (χ1) is 9.83. The smallest absolute Gasteiger partial charge is 0.164 e. The molecule has 2 aliphatic rings. The van der Waals surface area contributed by atoms with Crippen LogP contribution in [0.2, 0.25) is 0 Å². The maximum absolute atomic E-state index is 12.3. The van der Waals surface area contributed by atoms with E-state index in [0.717, 1.165) is 63.5 Å². The maximum Gasteiger partial charge on any atom is 0.164 e. The number of hydrogen-bond acceptors (Lipinski definition) is 4. The van der Waals surface area contributed by atoms with Crippen LogP contribution in [-0.4, -0.2) is 50.0 Å². The molecule has 1 saturated heterocycles. The van der Waals surface area contributed by atoms with Crippen LogP contribution in [0.25, 0.3) is 0 Å². The summed E-state index contributed by atoms with van der Waals surface area (Å²) >= 11 is 0. The van der Waals surface area contributed by atoms with Gasteiger partial charge in [-0.05, 0) is 36.6 Å². The average molecular weight is 274 g/mol. The fourth-order valence-electron chi connectivity index (χ4n) is 2.87. The zero-order valence-corrected chi connectivity index (χ0v) is 11.9. The minimum absolute atomic E-state index is 0.247. The normalized spacial score (nSPS) is 19.2. The number of rotatable bonds is 4. The van der Waals surface area contributed by atoms with Gasteiger partial charge in [-0.25, -0.2) is 0 Å². The van der Waals surface area contributed by atoms with Gasteiger partial charge in [0.25, 0.3) is 0 Å². The Bertz CT molecular complexity index is 481. The summed E-state index contributed by atoms with van der Waals surface area (Å²) in [6.07, 6.45) is 2.68. The topological polar surface area (TPSA) is 41.6 Å². The zero-order valence-electron chi connectivity index (χ0n) is 11.9. The molecule has 1 N–H and O–H groups in total. The molecule has 1 aromatic rings. The summed E-state index contributed by atoms with van der Waals surface area (Å²) in [4.78, 5) is 14.6. The molecule has 0 saturated carbocycles. The van der Waals surface area contributed by atoms with Gasteiger partial charge in [-0.2, -0.15) is 0 Å². The lowest BCUT2D eigenvalue weighted by Crippen LogP contribution is -2.44. The van der Waals surface area contributed by atoms with E-state index < -0.39 is 0 Å². The third kappa shape index (κ3) is 3.19. The Hall–Kier alpha value is -1.39. The van der Waals surface area contributed by atoms with Gasteiger partial charge in [0, 0.05) is 44.7 Å². The lowest BCUT2D eigenvalue weighted by atomic mass is 10.00. The fraction of sp³-hybridized carbons (Fsp3) is 0.562. The van der Waals surface area contributed by atoms with Gasteiger partial charge in [0.15, 0.2) is 5.78 Å². The van der Waals surface area contributed by atoms with Crippen molar-refractivity contribution in [2.24, 2.45) is 0 Å². The van der Waals surface area contributed by atoms with Crippen LogP contribution >= 0.6 is 0 Å². The van der Waals surface area contributed by atoms with Crippen LogP contribution in [0.1, 0.15) is 28.8 Å². The molecule has 0 aromatic heterocycles. The second kappa shape index (κ2) is 6.37. The molecule has 108 valence electrons. The van der Waals surface area contributed by atoms with E-state index >= 15 is 0 Å². The van der Waals surface area contributed by atoms with Crippen molar-refractivity contribution in [2.75, 3.05) is 39.3 Å². The molecule has 2 aliphatic heterocycles. The molecule has 4 heteroatoms. The van der Waals surface area contributed by atoms with Crippen LogP contribution in [0, 0.1) is 0 Å². The van der Waals surface area contributed by atoms with E-state index in [9.17, 15) is 4.79 Å². The minimum Gasteiger partial charge on any atom is -0.493 e. The number of carbonyl (C=O) groups excluding carboxylic acids is 1. The van der Waals surface area contributed by atoms with Gasteiger partial charge in [-0.15, -0.1) is 0 Å². The van der Waals surface area contributed by atoms with Crippen molar-refractivity contribution in [1.82, 2.24) is 10.2 Å². The predicted molar refractivity (Wildman–Crippen MR) is 78.5 cm³/mol. The summed E-state index contributed by atoms with van der Waals surface area (Å²) in [5, 5.41) is 3.33. The Morgan fingerprint density at radius 3 is 3.00 bits per heavy atom. The van der Waals surface area contributed by atoms with E-state index in [0.29, 0.717) is 6.42 Å². The van der Waals surface area contributed by atoms with Crippen molar-refractivity contribution in [3.63, 3.8) is 0 Å². The molecule has 0 radical (unpaired) electrons. The Labute approximate surface area is 120 Å². The molecular formula is C16H22N2O2. The highest BCUT2D eigenvalue weighted by Crippen LogP contribution is 2.26. The summed E-state index contributed by atoms with van der Waals surface area (Å²) < 4.78 is 5.59. The Kier molecular flexibility index (Phi) is 4.33. The molecule has 0 amide bonds. The lowest BCUT2D eigenvalue weighted by Gasteiger charge is -2.26. The molecule has 1 aromatic carbocycles. The average Bonchev–Trinajstić information content (AvgIpc) is 2.53. The first kappa shape index (κ1) is 13.6. The number of Topliss-reactive ketones (excluding diaryl/α,β-unsaturated/α-hetero) is 1. The van der Waals surface area contributed by atoms with Gasteiger partial charge < -0.3 is 15.0 Å². The van der Waals surface area contributed by atoms with Crippen LogP contribution in [-0.2, 0) is 6.42 Å². The fourth-order valence-corrected chi connectivity index (χ4v) is 2.87. The number of piperazine rings is 1. The van der Waals surface area contributed by atoms with Crippen LogP contribution in [0.3, 0.4) is 0 Å². The predicted octanol–water partition coefficient (Wildman–Crippen LogP) is 1.49. The van der Waals surface area contributed by atoms with E-state index in [-0.39, 0.29) is 5.78 Å². The second-order valence-corrected chi connectivity index (χ2v) is 5.54. The number of nitrogens with zero attached hydrogens (tertiary/aromatic N) is 1. The van der Waals surface area contributed by atoms with E-state index in [1.165, 1.54) is 5.56 Å². The summed E-state index contributed by atoms with van der Waals surface area (Å²) in [5.41, 5.74) is 2.02. The molecular weight excluding hydrogens is 252 g/mol. The Balaban J connectivity index is 1.59. The summed E-state index contributed by atoms with van der Waals surface area (Å²) in [6.45, 7) is 5.82. The number of carbonyl (C=O) groups is 1. The second-order valence-electron chi connectivity index (χ2n) is 5.54. The van der Waals surface area contributed by atoms with Crippen LogP contribution < -0.4 is 10.1 Å². The zero-order chi connectivity index (χ0) is 13.8. The van der Waals surface area contributed by atoms with Crippen molar-refractivity contribution in [2.45, 2.75) is 19.3 Å². The number of aryl methyl sites for hydroxylation is 1. The van der Waals surface area contributed by atoms with Crippen molar-refractivity contribution in [3.05, 3.63) is 29.3 Å². The summed E-state index contributed by atoms with van der Waals surface area (Å²) in [5.74, 6) is 1.20.